The molecule has 30 heavy (non-hydrogen) atoms. The van der Waals surface area contributed by atoms with Crippen molar-refractivity contribution in [3.05, 3.63) is 83.6 Å². The SMILES string of the molecule is CN1c2c(-c3ccc(Cl)cc3)nn(-c3cccc(F)c3)c2-c2ccccc2S1(=O)=O. The van der Waals surface area contributed by atoms with E-state index in [1.807, 2.05) is 0 Å². The minimum Gasteiger partial charge on any atom is -0.265 e. The fourth-order valence-corrected chi connectivity index (χ4v) is 5.23. The van der Waals surface area contributed by atoms with Gasteiger partial charge in [-0.3, -0.25) is 4.31 Å². The molecule has 0 atom stereocenters. The Labute approximate surface area is 178 Å². The topological polar surface area (TPSA) is 55.2 Å². The summed E-state index contributed by atoms with van der Waals surface area (Å²) in [6.07, 6.45) is 0. The van der Waals surface area contributed by atoms with Gasteiger partial charge in [-0.25, -0.2) is 17.5 Å². The first-order chi connectivity index (χ1) is 14.4. The molecule has 0 N–H and O–H groups in total. The number of halogens is 2. The Morgan fingerprint density at radius 2 is 1.70 bits per heavy atom. The highest BCUT2D eigenvalue weighted by Crippen LogP contribution is 2.48. The largest absolute Gasteiger partial charge is 0.265 e. The number of aromatic nitrogens is 2. The van der Waals surface area contributed by atoms with E-state index in [1.54, 1.807) is 65.3 Å². The van der Waals surface area contributed by atoms with Gasteiger partial charge < -0.3 is 0 Å². The second-order valence-electron chi connectivity index (χ2n) is 6.91. The lowest BCUT2D eigenvalue weighted by Crippen LogP contribution is -2.30. The maximum absolute atomic E-state index is 14.0. The van der Waals surface area contributed by atoms with Gasteiger partial charge in [0.05, 0.1) is 10.6 Å². The molecule has 0 saturated carbocycles. The molecule has 0 spiro atoms. The van der Waals surface area contributed by atoms with Crippen molar-refractivity contribution in [3.8, 4) is 28.2 Å². The van der Waals surface area contributed by atoms with E-state index in [9.17, 15) is 12.8 Å². The third-order valence-electron chi connectivity index (χ3n) is 5.13. The third-order valence-corrected chi connectivity index (χ3v) is 7.19. The van der Waals surface area contributed by atoms with Crippen LogP contribution in [0.2, 0.25) is 5.02 Å². The molecule has 0 aliphatic carbocycles. The van der Waals surface area contributed by atoms with E-state index < -0.39 is 15.8 Å². The number of sulfonamides is 1. The van der Waals surface area contributed by atoms with Gasteiger partial charge in [-0.2, -0.15) is 5.10 Å². The van der Waals surface area contributed by atoms with Gasteiger partial charge in [-0.1, -0.05) is 48.0 Å². The Morgan fingerprint density at radius 1 is 0.967 bits per heavy atom. The molecule has 1 aliphatic rings. The van der Waals surface area contributed by atoms with Crippen LogP contribution in [0.25, 0.3) is 28.2 Å². The number of hydrogen-bond acceptors (Lipinski definition) is 3. The summed E-state index contributed by atoms with van der Waals surface area (Å²) in [7, 11) is -2.27. The molecule has 2 heterocycles. The molecule has 0 radical (unpaired) electrons. The van der Waals surface area contributed by atoms with Gasteiger partial charge in [-0.05, 0) is 36.4 Å². The van der Waals surface area contributed by atoms with Crippen molar-refractivity contribution in [2.24, 2.45) is 0 Å². The quantitative estimate of drug-likeness (QED) is 0.434. The Balaban J connectivity index is 1.91. The number of hydrogen-bond donors (Lipinski definition) is 0. The van der Waals surface area contributed by atoms with E-state index in [2.05, 4.69) is 0 Å². The zero-order valence-electron chi connectivity index (χ0n) is 15.8. The second kappa shape index (κ2) is 6.68. The lowest BCUT2D eigenvalue weighted by molar-refractivity contribution is 0.593. The molecular formula is C22H15ClFN3O2S. The number of fused-ring (bicyclic) bond motifs is 3. The normalized spacial score (nSPS) is 14.3. The lowest BCUT2D eigenvalue weighted by Gasteiger charge is -2.27. The molecule has 8 heteroatoms. The highest BCUT2D eigenvalue weighted by Gasteiger charge is 2.38. The van der Waals surface area contributed by atoms with E-state index in [-0.39, 0.29) is 4.90 Å². The van der Waals surface area contributed by atoms with Crippen LogP contribution in [-0.2, 0) is 10.0 Å². The Morgan fingerprint density at radius 3 is 2.43 bits per heavy atom. The van der Waals surface area contributed by atoms with Crippen molar-refractivity contribution in [2.45, 2.75) is 4.90 Å². The maximum Gasteiger partial charge on any atom is 0.264 e. The van der Waals surface area contributed by atoms with Crippen LogP contribution in [0.5, 0.6) is 0 Å². The molecule has 3 aromatic carbocycles. The van der Waals surface area contributed by atoms with E-state index >= 15 is 0 Å². The first-order valence-electron chi connectivity index (χ1n) is 9.11. The molecule has 4 aromatic rings. The zero-order chi connectivity index (χ0) is 21.0. The molecule has 1 aromatic heterocycles. The summed E-state index contributed by atoms with van der Waals surface area (Å²) in [6, 6.07) is 19.8. The highest BCUT2D eigenvalue weighted by atomic mass is 35.5. The second-order valence-corrected chi connectivity index (χ2v) is 9.29. The minimum absolute atomic E-state index is 0.181. The van der Waals surface area contributed by atoms with Gasteiger partial charge in [0.1, 0.15) is 22.9 Å². The average Bonchev–Trinajstić information content (AvgIpc) is 3.13. The van der Waals surface area contributed by atoms with E-state index in [0.29, 0.717) is 38.9 Å². The summed E-state index contributed by atoms with van der Waals surface area (Å²) in [5.74, 6) is -0.408. The fraction of sp³-hybridized carbons (Fsp3) is 0.0455. The third kappa shape index (κ3) is 2.74. The van der Waals surface area contributed by atoms with Crippen LogP contribution >= 0.6 is 11.6 Å². The van der Waals surface area contributed by atoms with Gasteiger partial charge in [0.15, 0.2) is 0 Å². The van der Waals surface area contributed by atoms with Crippen LogP contribution in [0.15, 0.2) is 77.7 Å². The molecule has 1 aliphatic heterocycles. The first kappa shape index (κ1) is 18.8. The number of benzene rings is 3. The molecule has 0 amide bonds. The van der Waals surface area contributed by atoms with Gasteiger partial charge in [0, 0.05) is 23.2 Å². The fourth-order valence-electron chi connectivity index (χ4n) is 3.70. The summed E-state index contributed by atoms with van der Waals surface area (Å²) in [4.78, 5) is 0.181. The van der Waals surface area contributed by atoms with Gasteiger partial charge in [-0.15, -0.1) is 0 Å². The Hall–Kier alpha value is -3.16. The van der Waals surface area contributed by atoms with E-state index in [0.717, 1.165) is 0 Å². The van der Waals surface area contributed by atoms with Crippen LogP contribution in [0.1, 0.15) is 0 Å². The average molecular weight is 440 g/mol. The molecular weight excluding hydrogens is 425 g/mol. The number of rotatable bonds is 2. The van der Waals surface area contributed by atoms with Crippen molar-refractivity contribution in [2.75, 3.05) is 11.4 Å². The summed E-state index contributed by atoms with van der Waals surface area (Å²) in [6.45, 7) is 0. The Bertz CT molecular complexity index is 1400. The highest BCUT2D eigenvalue weighted by molar-refractivity contribution is 7.93. The molecule has 150 valence electrons. The smallest absolute Gasteiger partial charge is 0.264 e. The minimum atomic E-state index is -3.77. The Kier molecular flexibility index (Phi) is 4.20. The predicted molar refractivity (Wildman–Crippen MR) is 115 cm³/mol. The first-order valence-corrected chi connectivity index (χ1v) is 10.9. The summed E-state index contributed by atoms with van der Waals surface area (Å²) in [5, 5.41) is 5.28. The van der Waals surface area contributed by atoms with Crippen LogP contribution in [0, 0.1) is 5.82 Å². The summed E-state index contributed by atoms with van der Waals surface area (Å²) >= 11 is 6.03. The molecule has 0 bridgehead atoms. The van der Waals surface area contributed by atoms with Crippen LogP contribution in [-0.4, -0.2) is 25.2 Å². The lowest BCUT2D eigenvalue weighted by atomic mass is 10.1. The van der Waals surface area contributed by atoms with Gasteiger partial charge in [0.2, 0.25) is 0 Å². The predicted octanol–water partition coefficient (Wildman–Crippen LogP) is 5.14. The van der Waals surface area contributed by atoms with E-state index in [4.69, 9.17) is 16.7 Å². The maximum atomic E-state index is 14.0. The zero-order valence-corrected chi connectivity index (χ0v) is 17.3. The number of nitrogens with zero attached hydrogens (tertiary/aromatic N) is 3. The van der Waals surface area contributed by atoms with Crippen molar-refractivity contribution in [1.29, 1.82) is 0 Å². The number of anilines is 1. The monoisotopic (exact) mass is 439 g/mol. The molecule has 5 rings (SSSR count). The van der Waals surface area contributed by atoms with E-state index in [1.165, 1.54) is 23.5 Å². The van der Waals surface area contributed by atoms with Crippen LogP contribution in [0.3, 0.4) is 0 Å². The molecule has 0 fully saturated rings. The van der Waals surface area contributed by atoms with Crippen LogP contribution in [0.4, 0.5) is 10.1 Å². The summed E-state index contributed by atoms with van der Waals surface area (Å²) < 4.78 is 43.2. The van der Waals surface area contributed by atoms with Crippen molar-refractivity contribution in [3.63, 3.8) is 0 Å². The molecule has 0 saturated heterocycles. The van der Waals surface area contributed by atoms with Gasteiger partial charge >= 0.3 is 0 Å². The van der Waals surface area contributed by atoms with Crippen LogP contribution < -0.4 is 4.31 Å². The molecule has 0 unspecified atom stereocenters. The van der Waals surface area contributed by atoms with Gasteiger partial charge in [0.25, 0.3) is 10.0 Å². The summed E-state index contributed by atoms with van der Waals surface area (Å²) in [5.41, 5.74) is 3.19. The van der Waals surface area contributed by atoms with Crippen molar-refractivity contribution in [1.82, 2.24) is 9.78 Å². The van der Waals surface area contributed by atoms with Crippen molar-refractivity contribution < 1.29 is 12.8 Å². The standard InChI is InChI=1S/C22H15ClFN3O2S/c1-26-22-20(14-9-11-15(23)12-10-14)25-27(17-6-4-5-16(24)13-17)21(22)18-7-2-3-8-19(18)30(26,28)29/h2-13H,1H3. The molecule has 5 nitrogen and oxygen atoms in total. The van der Waals surface area contributed by atoms with Crippen molar-refractivity contribution >= 4 is 27.3 Å².